The van der Waals surface area contributed by atoms with Crippen LogP contribution in [0.2, 0.25) is 0 Å². The van der Waals surface area contributed by atoms with Gasteiger partial charge in [0.2, 0.25) is 5.91 Å². The highest BCUT2D eigenvalue weighted by molar-refractivity contribution is 8.02. The van der Waals surface area contributed by atoms with Crippen molar-refractivity contribution in [2.75, 3.05) is 31.2 Å². The monoisotopic (exact) mass is 526 g/mol. The fourth-order valence-corrected chi connectivity index (χ4v) is 8.47. The van der Waals surface area contributed by atoms with Crippen LogP contribution in [0, 0.1) is 25.7 Å². The number of carbonyl (C=O) groups excluding carboxylic acids is 3. The number of aryl methyl sites for hydroxylation is 2. The molecule has 3 saturated heterocycles. The number of aliphatic hydroxyl groups excluding tert-OH is 1. The molecule has 1 aromatic rings. The van der Waals surface area contributed by atoms with E-state index < -0.39 is 22.6 Å². The Morgan fingerprint density at radius 3 is 2.76 bits per heavy atom. The van der Waals surface area contributed by atoms with Gasteiger partial charge in [-0.3, -0.25) is 14.4 Å². The molecule has 2 amide bonds. The number of aliphatic hydroxyl groups is 1. The minimum atomic E-state index is -0.690. The van der Waals surface area contributed by atoms with E-state index in [4.69, 9.17) is 4.74 Å². The number of nitrogens with zero attached hydrogens (tertiary/aromatic N) is 2. The van der Waals surface area contributed by atoms with Gasteiger partial charge in [0.25, 0.3) is 5.91 Å². The molecule has 4 rings (SSSR count). The standard InChI is InChI=1S/C29H38N2O5S/c1-5-7-17-36-28(35)23-22-12-13-29(37-22)24(23)26(33)31(15-8-9-16-32)25(29)27(34)30(14-6-2)21-18-19(3)10-11-20(21)4/h5-6,10-11,18,22-25,32H,1-2,7-9,12-17H2,3-4H3/t22-,23+,24+,25?,29?/m1/s1. The molecule has 2 bridgehead atoms. The van der Waals surface area contributed by atoms with Crippen molar-refractivity contribution >= 4 is 35.2 Å². The van der Waals surface area contributed by atoms with E-state index in [1.165, 1.54) is 0 Å². The van der Waals surface area contributed by atoms with E-state index in [1.54, 1.807) is 33.7 Å². The van der Waals surface area contributed by atoms with Gasteiger partial charge >= 0.3 is 5.97 Å². The lowest BCUT2D eigenvalue weighted by atomic mass is 9.71. The molecule has 0 saturated carbocycles. The first-order valence-corrected chi connectivity index (χ1v) is 14.0. The minimum Gasteiger partial charge on any atom is -0.465 e. The number of ether oxygens (including phenoxy) is 1. The van der Waals surface area contributed by atoms with Gasteiger partial charge < -0.3 is 19.6 Å². The SMILES string of the molecule is C=CCCOC(=O)[C@@H]1[C@H]2C(=O)N(CCCCO)C(C(=O)N(CC=C)c3cc(C)ccc3C)C23CC[C@H]1S3. The summed E-state index contributed by atoms with van der Waals surface area (Å²) in [5.41, 5.74) is 2.82. The van der Waals surface area contributed by atoms with Crippen LogP contribution in [0.3, 0.4) is 0 Å². The second-order valence-corrected chi connectivity index (χ2v) is 11.9. The van der Waals surface area contributed by atoms with E-state index in [1.807, 2.05) is 32.0 Å². The number of unbranched alkanes of at least 4 members (excludes halogenated alkanes) is 1. The number of carbonyl (C=O) groups is 3. The molecule has 5 atom stereocenters. The van der Waals surface area contributed by atoms with Gasteiger partial charge in [-0.25, -0.2) is 0 Å². The Morgan fingerprint density at radius 2 is 2.05 bits per heavy atom. The molecule has 8 heteroatoms. The summed E-state index contributed by atoms with van der Waals surface area (Å²) in [5.74, 6) is -1.76. The molecule has 3 heterocycles. The summed E-state index contributed by atoms with van der Waals surface area (Å²) in [5, 5.41) is 9.33. The maximum absolute atomic E-state index is 14.5. The van der Waals surface area contributed by atoms with Crippen molar-refractivity contribution in [2.45, 2.75) is 62.0 Å². The van der Waals surface area contributed by atoms with Gasteiger partial charge in [-0.1, -0.05) is 24.3 Å². The summed E-state index contributed by atoms with van der Waals surface area (Å²) in [4.78, 5) is 45.1. The van der Waals surface area contributed by atoms with E-state index >= 15 is 0 Å². The molecular formula is C29H38N2O5S. The lowest BCUT2D eigenvalue weighted by molar-refractivity contribution is -0.154. The molecule has 37 heavy (non-hydrogen) atoms. The molecule has 0 aromatic heterocycles. The third-order valence-corrected chi connectivity index (χ3v) is 9.86. The van der Waals surface area contributed by atoms with E-state index in [2.05, 4.69) is 13.2 Å². The third kappa shape index (κ3) is 4.86. The van der Waals surface area contributed by atoms with Crippen molar-refractivity contribution < 1.29 is 24.2 Å². The molecule has 0 aliphatic carbocycles. The Hall–Kier alpha value is -2.58. The van der Waals surface area contributed by atoms with Crippen LogP contribution in [0.5, 0.6) is 0 Å². The number of esters is 1. The summed E-state index contributed by atoms with van der Waals surface area (Å²) in [6.45, 7) is 12.5. The van der Waals surface area contributed by atoms with E-state index in [9.17, 15) is 19.5 Å². The van der Waals surface area contributed by atoms with Crippen LogP contribution in [0.15, 0.2) is 43.5 Å². The second-order valence-electron chi connectivity index (χ2n) is 10.3. The lowest BCUT2D eigenvalue weighted by Crippen LogP contribution is -2.55. The highest BCUT2D eigenvalue weighted by Crippen LogP contribution is 2.66. The van der Waals surface area contributed by atoms with Gasteiger partial charge in [-0.15, -0.1) is 24.9 Å². The van der Waals surface area contributed by atoms with E-state index in [0.29, 0.717) is 38.8 Å². The van der Waals surface area contributed by atoms with Crippen molar-refractivity contribution in [1.82, 2.24) is 4.90 Å². The molecule has 3 aliphatic heterocycles. The zero-order chi connectivity index (χ0) is 26.7. The highest BCUT2D eigenvalue weighted by Gasteiger charge is 2.74. The minimum absolute atomic E-state index is 0.0232. The fourth-order valence-electron chi connectivity index (χ4n) is 6.27. The van der Waals surface area contributed by atoms with Crippen LogP contribution >= 0.6 is 11.8 Å². The Bertz CT molecular complexity index is 1070. The molecule has 7 nitrogen and oxygen atoms in total. The Morgan fingerprint density at radius 1 is 1.27 bits per heavy atom. The number of fused-ring (bicyclic) bond motifs is 1. The second kappa shape index (κ2) is 11.4. The van der Waals surface area contributed by atoms with Crippen molar-refractivity contribution in [1.29, 1.82) is 0 Å². The number of hydrogen-bond acceptors (Lipinski definition) is 6. The summed E-state index contributed by atoms with van der Waals surface area (Å²) in [6, 6.07) is 5.32. The molecular weight excluding hydrogens is 488 g/mol. The van der Waals surface area contributed by atoms with Gasteiger partial charge in [0.1, 0.15) is 6.04 Å². The molecule has 1 aromatic carbocycles. The normalized spacial score (nSPS) is 27.8. The quantitative estimate of drug-likeness (QED) is 0.253. The van der Waals surface area contributed by atoms with Gasteiger partial charge in [-0.05, 0) is 63.1 Å². The van der Waals surface area contributed by atoms with Crippen molar-refractivity contribution in [2.24, 2.45) is 11.8 Å². The first-order chi connectivity index (χ1) is 17.8. The summed E-state index contributed by atoms with van der Waals surface area (Å²) in [7, 11) is 0. The zero-order valence-electron chi connectivity index (χ0n) is 21.9. The summed E-state index contributed by atoms with van der Waals surface area (Å²) in [6.07, 6.45) is 6.57. The van der Waals surface area contributed by atoms with Crippen LogP contribution in [0.1, 0.15) is 43.2 Å². The van der Waals surface area contributed by atoms with Gasteiger partial charge in [0.15, 0.2) is 0 Å². The van der Waals surface area contributed by atoms with Crippen molar-refractivity contribution in [3.63, 3.8) is 0 Å². The Labute approximate surface area is 223 Å². The average Bonchev–Trinajstić information content (AvgIpc) is 3.52. The Balaban J connectivity index is 1.73. The van der Waals surface area contributed by atoms with Gasteiger partial charge in [0.05, 0.1) is 23.2 Å². The largest absolute Gasteiger partial charge is 0.465 e. The molecule has 3 aliphatic rings. The Kier molecular flexibility index (Phi) is 8.49. The third-order valence-electron chi connectivity index (χ3n) is 7.91. The van der Waals surface area contributed by atoms with Crippen molar-refractivity contribution in [3.8, 4) is 0 Å². The maximum Gasteiger partial charge on any atom is 0.310 e. The molecule has 1 spiro atoms. The molecule has 2 unspecified atom stereocenters. The van der Waals surface area contributed by atoms with Crippen molar-refractivity contribution in [3.05, 3.63) is 54.6 Å². The van der Waals surface area contributed by atoms with Gasteiger partial charge in [0, 0.05) is 30.6 Å². The number of rotatable bonds is 12. The number of hydrogen-bond donors (Lipinski definition) is 1. The van der Waals surface area contributed by atoms with E-state index in [-0.39, 0.29) is 36.2 Å². The summed E-state index contributed by atoms with van der Waals surface area (Å²) >= 11 is 1.64. The summed E-state index contributed by atoms with van der Waals surface area (Å²) < 4.78 is 4.88. The number of benzene rings is 1. The van der Waals surface area contributed by atoms with Crippen LogP contribution in [-0.2, 0) is 19.1 Å². The zero-order valence-corrected chi connectivity index (χ0v) is 22.7. The number of anilines is 1. The number of likely N-dealkylation sites (tertiary alicyclic amines) is 1. The first kappa shape index (κ1) is 27.5. The van der Waals surface area contributed by atoms with E-state index in [0.717, 1.165) is 23.2 Å². The predicted molar refractivity (Wildman–Crippen MR) is 146 cm³/mol. The fraction of sp³-hybridized carbons (Fsp3) is 0.552. The topological polar surface area (TPSA) is 87.1 Å². The first-order valence-electron chi connectivity index (χ1n) is 13.2. The van der Waals surface area contributed by atoms with Crippen LogP contribution in [0.25, 0.3) is 0 Å². The lowest BCUT2D eigenvalue weighted by Gasteiger charge is -2.37. The van der Waals surface area contributed by atoms with Crippen LogP contribution < -0.4 is 4.90 Å². The number of amides is 2. The smallest absolute Gasteiger partial charge is 0.310 e. The molecule has 200 valence electrons. The number of thioether (sulfide) groups is 1. The molecule has 1 N–H and O–H groups in total. The van der Waals surface area contributed by atoms with Gasteiger partial charge in [-0.2, -0.15) is 0 Å². The predicted octanol–water partition coefficient (Wildman–Crippen LogP) is 3.81. The molecule has 0 radical (unpaired) electrons. The molecule has 3 fully saturated rings. The maximum atomic E-state index is 14.5. The van der Waals surface area contributed by atoms with Crippen LogP contribution in [-0.4, -0.2) is 70.1 Å². The average molecular weight is 527 g/mol. The van der Waals surface area contributed by atoms with Crippen LogP contribution in [0.4, 0.5) is 5.69 Å². The highest BCUT2D eigenvalue weighted by atomic mass is 32.2.